The van der Waals surface area contributed by atoms with Crippen molar-refractivity contribution in [1.29, 1.82) is 0 Å². The number of hydrogen-bond donors (Lipinski definition) is 0. The van der Waals surface area contributed by atoms with Crippen molar-refractivity contribution in [3.63, 3.8) is 0 Å². The number of rotatable bonds is 4. The van der Waals surface area contributed by atoms with Gasteiger partial charge in [0.25, 0.3) is 5.91 Å². The first-order chi connectivity index (χ1) is 17.5. The Bertz CT molecular complexity index is 1700. The molecule has 1 amide bonds. The molecule has 0 spiro atoms. The van der Waals surface area contributed by atoms with E-state index >= 15 is 0 Å². The fourth-order valence-corrected chi connectivity index (χ4v) is 5.27. The predicted octanol–water partition coefficient (Wildman–Crippen LogP) is 7.86. The summed E-state index contributed by atoms with van der Waals surface area (Å²) in [6.45, 7) is 0. The standard InChI is InChI=1S/C29H17Br2NO4/c30-18-7-5-8-20(15-18)32-26(17-6-4-11-22(14-17)35-21-9-2-1-3-10-21)25-27(33)23-16-19(31)12-13-24(23)36-28(25)29(32)34/h1-16,26H. The Labute approximate surface area is 223 Å². The van der Waals surface area contributed by atoms with Gasteiger partial charge in [-0.3, -0.25) is 14.5 Å². The Morgan fingerprint density at radius 2 is 1.50 bits per heavy atom. The van der Waals surface area contributed by atoms with Crippen LogP contribution >= 0.6 is 31.9 Å². The van der Waals surface area contributed by atoms with Crippen LogP contribution in [0.2, 0.25) is 0 Å². The van der Waals surface area contributed by atoms with Crippen LogP contribution in [0.4, 0.5) is 5.69 Å². The Hall–Kier alpha value is -3.68. The molecule has 0 saturated carbocycles. The van der Waals surface area contributed by atoms with Crippen LogP contribution < -0.4 is 15.1 Å². The van der Waals surface area contributed by atoms with Crippen LogP contribution in [-0.2, 0) is 0 Å². The molecule has 0 radical (unpaired) electrons. The number of carbonyl (C=O) groups is 1. The minimum absolute atomic E-state index is 0.0502. The smallest absolute Gasteiger partial charge is 0.295 e. The number of ether oxygens (including phenoxy) is 1. The lowest BCUT2D eigenvalue weighted by Gasteiger charge is -2.25. The summed E-state index contributed by atoms with van der Waals surface area (Å²) in [5, 5.41) is 0.411. The number of hydrogen-bond acceptors (Lipinski definition) is 4. The predicted molar refractivity (Wildman–Crippen MR) is 146 cm³/mol. The number of nitrogens with zero attached hydrogens (tertiary/aromatic N) is 1. The molecule has 2 heterocycles. The molecule has 1 aliphatic heterocycles. The third-order valence-corrected chi connectivity index (χ3v) is 7.06. The molecule has 6 rings (SSSR count). The zero-order valence-corrected chi connectivity index (χ0v) is 21.8. The van der Waals surface area contributed by atoms with Crippen LogP contribution in [0.15, 0.2) is 115 Å². The molecule has 1 atom stereocenters. The summed E-state index contributed by atoms with van der Waals surface area (Å²) in [5.41, 5.74) is 1.81. The SMILES string of the molecule is O=C1c2oc3ccc(Br)cc3c(=O)c2C(c2cccc(Oc3ccccc3)c2)N1c1cccc(Br)c1. The minimum atomic E-state index is -0.694. The fourth-order valence-electron chi connectivity index (χ4n) is 4.53. The number of carbonyl (C=O) groups excluding carboxylic acids is 1. The molecular weight excluding hydrogens is 586 g/mol. The molecule has 0 fully saturated rings. The number of halogens is 2. The van der Waals surface area contributed by atoms with Gasteiger partial charge < -0.3 is 9.15 Å². The first-order valence-corrected chi connectivity index (χ1v) is 12.8. The van der Waals surface area contributed by atoms with Crippen molar-refractivity contribution < 1.29 is 13.9 Å². The highest BCUT2D eigenvalue weighted by Gasteiger charge is 2.43. The van der Waals surface area contributed by atoms with Crippen LogP contribution in [-0.4, -0.2) is 5.91 Å². The maximum absolute atomic E-state index is 13.8. The van der Waals surface area contributed by atoms with Gasteiger partial charge in [0.15, 0.2) is 5.43 Å². The van der Waals surface area contributed by atoms with E-state index in [9.17, 15) is 9.59 Å². The van der Waals surface area contributed by atoms with Gasteiger partial charge in [-0.2, -0.15) is 0 Å². The summed E-state index contributed by atoms with van der Waals surface area (Å²) < 4.78 is 13.7. The van der Waals surface area contributed by atoms with Gasteiger partial charge in [0, 0.05) is 14.6 Å². The molecule has 7 heteroatoms. The van der Waals surface area contributed by atoms with E-state index in [1.807, 2.05) is 78.9 Å². The zero-order chi connectivity index (χ0) is 24.8. The second kappa shape index (κ2) is 9.08. The molecule has 0 N–H and O–H groups in total. The monoisotopic (exact) mass is 601 g/mol. The van der Waals surface area contributed by atoms with Crippen molar-refractivity contribution in [2.75, 3.05) is 4.90 Å². The third kappa shape index (κ3) is 3.94. The molecule has 1 unspecified atom stereocenters. The average Bonchev–Trinajstić information content (AvgIpc) is 3.18. The van der Waals surface area contributed by atoms with E-state index in [4.69, 9.17) is 9.15 Å². The van der Waals surface area contributed by atoms with Gasteiger partial charge in [-0.25, -0.2) is 0 Å². The van der Waals surface area contributed by atoms with E-state index in [2.05, 4.69) is 31.9 Å². The van der Waals surface area contributed by atoms with Gasteiger partial charge in [0.05, 0.1) is 17.0 Å². The van der Waals surface area contributed by atoms with Crippen molar-refractivity contribution in [2.45, 2.75) is 6.04 Å². The number of fused-ring (bicyclic) bond motifs is 2. The van der Waals surface area contributed by atoms with Crippen LogP contribution in [0.25, 0.3) is 11.0 Å². The van der Waals surface area contributed by atoms with Gasteiger partial charge >= 0.3 is 0 Å². The summed E-state index contributed by atoms with van der Waals surface area (Å²) in [4.78, 5) is 29.2. The molecule has 1 aliphatic rings. The van der Waals surface area contributed by atoms with Crippen molar-refractivity contribution in [3.05, 3.63) is 133 Å². The Kier molecular flexibility index (Phi) is 5.74. The summed E-state index contributed by atoms with van der Waals surface area (Å²) in [6.07, 6.45) is 0. The topological polar surface area (TPSA) is 59.8 Å². The second-order valence-corrected chi connectivity index (χ2v) is 10.2. The number of para-hydroxylation sites is 1. The van der Waals surface area contributed by atoms with Gasteiger partial charge in [0.1, 0.15) is 17.1 Å². The molecule has 5 nitrogen and oxygen atoms in total. The molecule has 1 aromatic heterocycles. The quantitative estimate of drug-likeness (QED) is 0.210. The fraction of sp³-hybridized carbons (Fsp3) is 0.0345. The largest absolute Gasteiger partial charge is 0.457 e. The van der Waals surface area contributed by atoms with Crippen LogP contribution in [0.5, 0.6) is 11.5 Å². The van der Waals surface area contributed by atoms with E-state index in [1.54, 1.807) is 23.1 Å². The highest BCUT2D eigenvalue weighted by atomic mass is 79.9. The van der Waals surface area contributed by atoms with Crippen molar-refractivity contribution in [2.24, 2.45) is 0 Å². The third-order valence-electron chi connectivity index (χ3n) is 6.07. The van der Waals surface area contributed by atoms with Crippen LogP contribution in [0.1, 0.15) is 27.7 Å². The summed E-state index contributed by atoms with van der Waals surface area (Å²) in [6, 6.07) is 28.8. The molecule has 5 aromatic rings. The lowest BCUT2D eigenvalue weighted by Crippen LogP contribution is -2.29. The molecule has 0 saturated heterocycles. The number of benzene rings is 4. The van der Waals surface area contributed by atoms with Crippen molar-refractivity contribution in [1.82, 2.24) is 0 Å². The normalized spacial score (nSPS) is 14.8. The molecule has 0 bridgehead atoms. The Balaban J connectivity index is 1.56. The highest BCUT2D eigenvalue weighted by molar-refractivity contribution is 9.10. The summed E-state index contributed by atoms with van der Waals surface area (Å²) >= 11 is 6.94. The lowest BCUT2D eigenvalue weighted by atomic mass is 9.98. The number of anilines is 1. The maximum atomic E-state index is 13.8. The van der Waals surface area contributed by atoms with Crippen LogP contribution in [0.3, 0.4) is 0 Å². The van der Waals surface area contributed by atoms with Crippen molar-refractivity contribution >= 4 is 54.4 Å². The maximum Gasteiger partial charge on any atom is 0.295 e. The van der Waals surface area contributed by atoms with E-state index < -0.39 is 6.04 Å². The minimum Gasteiger partial charge on any atom is -0.457 e. The van der Waals surface area contributed by atoms with Gasteiger partial charge in [-0.1, -0.05) is 68.3 Å². The molecule has 4 aromatic carbocycles. The molecule has 0 aliphatic carbocycles. The average molecular weight is 603 g/mol. The first-order valence-electron chi connectivity index (χ1n) is 11.2. The zero-order valence-electron chi connectivity index (χ0n) is 18.7. The lowest BCUT2D eigenvalue weighted by molar-refractivity contribution is 0.0971. The van der Waals surface area contributed by atoms with Gasteiger partial charge in [-0.05, 0) is 66.2 Å². The van der Waals surface area contributed by atoms with Gasteiger partial charge in [-0.15, -0.1) is 0 Å². The van der Waals surface area contributed by atoms with Crippen LogP contribution in [0, 0.1) is 0 Å². The Morgan fingerprint density at radius 3 is 2.31 bits per heavy atom. The highest BCUT2D eigenvalue weighted by Crippen LogP contribution is 2.42. The molecule has 36 heavy (non-hydrogen) atoms. The number of amides is 1. The van der Waals surface area contributed by atoms with E-state index in [-0.39, 0.29) is 17.1 Å². The summed E-state index contributed by atoms with van der Waals surface area (Å²) in [5.74, 6) is 0.969. The van der Waals surface area contributed by atoms with E-state index in [0.717, 1.165) is 14.5 Å². The van der Waals surface area contributed by atoms with Crippen molar-refractivity contribution in [3.8, 4) is 11.5 Å². The summed E-state index contributed by atoms with van der Waals surface area (Å²) in [7, 11) is 0. The Morgan fingerprint density at radius 1 is 0.750 bits per heavy atom. The molecule has 176 valence electrons. The first kappa shape index (κ1) is 22.8. The van der Waals surface area contributed by atoms with Gasteiger partial charge in [0.2, 0.25) is 5.76 Å². The molecular formula is C29H17Br2NO4. The second-order valence-electron chi connectivity index (χ2n) is 8.36. The van der Waals surface area contributed by atoms with E-state index in [0.29, 0.717) is 33.7 Å². The van der Waals surface area contributed by atoms with E-state index in [1.165, 1.54) is 0 Å².